The van der Waals surface area contributed by atoms with E-state index < -0.39 is 5.97 Å². The number of hydrogen-bond donors (Lipinski definition) is 1. The molecule has 19 heavy (non-hydrogen) atoms. The van der Waals surface area contributed by atoms with Crippen molar-refractivity contribution in [2.75, 3.05) is 20.2 Å². The van der Waals surface area contributed by atoms with Gasteiger partial charge in [-0.05, 0) is 13.8 Å². The first kappa shape index (κ1) is 15.0. The van der Waals surface area contributed by atoms with E-state index in [0.717, 1.165) is 11.4 Å². The second-order valence-corrected chi connectivity index (χ2v) is 4.37. The van der Waals surface area contributed by atoms with Gasteiger partial charge in [0.1, 0.15) is 5.69 Å². The summed E-state index contributed by atoms with van der Waals surface area (Å²) >= 11 is 0. The summed E-state index contributed by atoms with van der Waals surface area (Å²) in [5.41, 5.74) is 1.57. The van der Waals surface area contributed by atoms with Crippen molar-refractivity contribution in [1.82, 2.24) is 14.7 Å². The maximum Gasteiger partial charge on any atom is 0.305 e. The Morgan fingerprint density at radius 2 is 2.05 bits per heavy atom. The van der Waals surface area contributed by atoms with Crippen molar-refractivity contribution in [2.24, 2.45) is 7.05 Å². The van der Waals surface area contributed by atoms with Crippen LogP contribution in [-0.2, 0) is 16.6 Å². The normalized spacial score (nSPS) is 10.3. The third-order valence-corrected chi connectivity index (χ3v) is 2.87. The van der Waals surface area contributed by atoms with E-state index >= 15 is 0 Å². The van der Waals surface area contributed by atoms with E-state index in [0.29, 0.717) is 5.75 Å². The summed E-state index contributed by atoms with van der Waals surface area (Å²) in [5.74, 6) is -0.592. The first-order valence-corrected chi connectivity index (χ1v) is 5.91. The average molecular weight is 269 g/mol. The summed E-state index contributed by atoms with van der Waals surface area (Å²) in [6.07, 6.45) is -0.0762. The molecule has 1 amide bonds. The summed E-state index contributed by atoms with van der Waals surface area (Å²) in [7, 11) is 3.35. The zero-order valence-electron chi connectivity index (χ0n) is 11.6. The Kier molecular flexibility index (Phi) is 4.91. The molecule has 0 aliphatic rings. The van der Waals surface area contributed by atoms with Crippen molar-refractivity contribution in [3.8, 4) is 5.75 Å². The Morgan fingerprint density at radius 3 is 2.53 bits per heavy atom. The number of aromatic nitrogens is 2. The summed E-state index contributed by atoms with van der Waals surface area (Å²) < 4.78 is 7.14. The van der Waals surface area contributed by atoms with E-state index in [1.54, 1.807) is 25.7 Å². The molecule has 0 saturated heterocycles. The van der Waals surface area contributed by atoms with Crippen molar-refractivity contribution < 1.29 is 19.4 Å². The van der Waals surface area contributed by atoms with E-state index in [-0.39, 0.29) is 25.5 Å². The van der Waals surface area contributed by atoms with Gasteiger partial charge in [0.25, 0.3) is 5.91 Å². The highest BCUT2D eigenvalue weighted by atomic mass is 16.5. The van der Waals surface area contributed by atoms with Crippen LogP contribution < -0.4 is 4.74 Å². The highest BCUT2D eigenvalue weighted by molar-refractivity contribution is 5.78. The monoisotopic (exact) mass is 269 g/mol. The lowest BCUT2D eigenvalue weighted by Crippen LogP contribution is -2.33. The molecule has 0 saturated carbocycles. The molecule has 0 fully saturated rings. The summed E-state index contributed by atoms with van der Waals surface area (Å²) in [5, 5.41) is 12.7. The van der Waals surface area contributed by atoms with Crippen LogP contribution in [0.4, 0.5) is 0 Å². The summed E-state index contributed by atoms with van der Waals surface area (Å²) in [6.45, 7) is 3.71. The number of carbonyl (C=O) groups is 2. The molecule has 0 spiro atoms. The van der Waals surface area contributed by atoms with Gasteiger partial charge in [0.15, 0.2) is 12.4 Å². The van der Waals surface area contributed by atoms with Gasteiger partial charge in [0.05, 0.1) is 12.1 Å². The minimum atomic E-state index is -0.931. The van der Waals surface area contributed by atoms with Gasteiger partial charge in [-0.1, -0.05) is 0 Å². The van der Waals surface area contributed by atoms with Crippen LogP contribution in [0, 0.1) is 13.8 Å². The van der Waals surface area contributed by atoms with Gasteiger partial charge >= 0.3 is 5.97 Å². The smallest absolute Gasteiger partial charge is 0.305 e. The molecule has 7 heteroatoms. The Labute approximate surface area is 111 Å². The number of likely N-dealkylation sites (N-methyl/N-ethyl adjacent to an activating group) is 1. The fraction of sp³-hybridized carbons (Fsp3) is 0.583. The van der Waals surface area contributed by atoms with Gasteiger partial charge in [0.2, 0.25) is 0 Å². The lowest BCUT2D eigenvalue weighted by atomic mass is 10.3. The van der Waals surface area contributed by atoms with Crippen LogP contribution in [0.3, 0.4) is 0 Å². The van der Waals surface area contributed by atoms with Crippen molar-refractivity contribution >= 4 is 11.9 Å². The molecular weight excluding hydrogens is 250 g/mol. The molecule has 1 aromatic rings. The number of ether oxygens (including phenoxy) is 1. The van der Waals surface area contributed by atoms with Gasteiger partial charge in [-0.3, -0.25) is 14.3 Å². The Hall–Kier alpha value is -2.05. The summed E-state index contributed by atoms with van der Waals surface area (Å²) in [4.78, 5) is 23.5. The second kappa shape index (κ2) is 6.21. The molecule has 0 bridgehead atoms. The van der Waals surface area contributed by atoms with Crippen LogP contribution in [-0.4, -0.2) is 51.9 Å². The largest absolute Gasteiger partial charge is 0.481 e. The van der Waals surface area contributed by atoms with Crippen LogP contribution in [0.2, 0.25) is 0 Å². The van der Waals surface area contributed by atoms with Gasteiger partial charge in [-0.15, -0.1) is 0 Å². The predicted molar refractivity (Wildman–Crippen MR) is 68.1 cm³/mol. The lowest BCUT2D eigenvalue weighted by molar-refractivity contribution is -0.138. The molecule has 1 rings (SSSR count). The number of carboxylic acid groups (broad SMARTS) is 1. The second-order valence-electron chi connectivity index (χ2n) is 4.37. The zero-order valence-corrected chi connectivity index (χ0v) is 11.6. The summed E-state index contributed by atoms with van der Waals surface area (Å²) in [6, 6.07) is 0. The number of rotatable bonds is 6. The fourth-order valence-electron chi connectivity index (χ4n) is 1.60. The number of hydrogen-bond acceptors (Lipinski definition) is 4. The molecule has 1 N–H and O–H groups in total. The van der Waals surface area contributed by atoms with E-state index in [9.17, 15) is 9.59 Å². The van der Waals surface area contributed by atoms with Crippen molar-refractivity contribution in [1.29, 1.82) is 0 Å². The van der Waals surface area contributed by atoms with Crippen LogP contribution in [0.5, 0.6) is 5.75 Å². The lowest BCUT2D eigenvalue weighted by Gasteiger charge is -2.16. The van der Waals surface area contributed by atoms with Crippen LogP contribution in [0.1, 0.15) is 17.8 Å². The molecule has 0 radical (unpaired) electrons. The highest BCUT2D eigenvalue weighted by Crippen LogP contribution is 2.21. The zero-order chi connectivity index (χ0) is 14.6. The number of carbonyl (C=O) groups excluding carboxylic acids is 1. The quantitative estimate of drug-likeness (QED) is 0.805. The maximum absolute atomic E-state index is 11.7. The molecule has 1 heterocycles. The molecule has 0 aliphatic carbocycles. The standard InChI is InChI=1S/C12H19N3O4/c1-8-12(9(2)15(4)13-8)19-7-10(16)14(3)6-5-11(17)18/h5-7H2,1-4H3,(H,17,18). The van der Waals surface area contributed by atoms with Crippen LogP contribution in [0.15, 0.2) is 0 Å². The number of aliphatic carboxylic acids is 1. The molecular formula is C12H19N3O4. The van der Waals surface area contributed by atoms with Crippen molar-refractivity contribution in [2.45, 2.75) is 20.3 Å². The van der Waals surface area contributed by atoms with E-state index in [4.69, 9.17) is 9.84 Å². The topological polar surface area (TPSA) is 84.7 Å². The Morgan fingerprint density at radius 1 is 1.42 bits per heavy atom. The first-order chi connectivity index (χ1) is 8.82. The molecule has 106 valence electrons. The fourth-order valence-corrected chi connectivity index (χ4v) is 1.60. The number of nitrogens with zero attached hydrogens (tertiary/aromatic N) is 3. The molecule has 1 aromatic heterocycles. The molecule has 7 nitrogen and oxygen atoms in total. The minimum Gasteiger partial charge on any atom is -0.481 e. The van der Waals surface area contributed by atoms with E-state index in [1.807, 2.05) is 6.92 Å². The SMILES string of the molecule is Cc1nn(C)c(C)c1OCC(=O)N(C)CCC(=O)O. The van der Waals surface area contributed by atoms with Gasteiger partial charge in [-0.25, -0.2) is 0 Å². The molecule has 0 unspecified atom stereocenters. The minimum absolute atomic E-state index is 0.0762. The highest BCUT2D eigenvalue weighted by Gasteiger charge is 2.15. The van der Waals surface area contributed by atoms with Gasteiger partial charge in [-0.2, -0.15) is 5.10 Å². The van der Waals surface area contributed by atoms with Crippen molar-refractivity contribution in [3.63, 3.8) is 0 Å². The van der Waals surface area contributed by atoms with Gasteiger partial charge < -0.3 is 14.7 Å². The predicted octanol–water partition coefficient (Wildman–Crippen LogP) is 0.349. The molecule has 0 aliphatic heterocycles. The third kappa shape index (κ3) is 3.97. The van der Waals surface area contributed by atoms with E-state index in [1.165, 1.54) is 4.90 Å². The average Bonchev–Trinajstić information content (AvgIpc) is 2.58. The van der Waals surface area contributed by atoms with Gasteiger partial charge in [0, 0.05) is 20.6 Å². The van der Waals surface area contributed by atoms with Crippen LogP contribution in [0.25, 0.3) is 0 Å². The van der Waals surface area contributed by atoms with Crippen molar-refractivity contribution in [3.05, 3.63) is 11.4 Å². The first-order valence-electron chi connectivity index (χ1n) is 5.91. The number of amides is 1. The Bertz CT molecular complexity index is 482. The third-order valence-electron chi connectivity index (χ3n) is 2.87. The maximum atomic E-state index is 11.7. The number of carboxylic acids is 1. The Balaban J connectivity index is 2.52. The van der Waals surface area contributed by atoms with E-state index in [2.05, 4.69) is 5.10 Å². The number of aryl methyl sites for hydroxylation is 2. The van der Waals surface area contributed by atoms with Crippen LogP contribution >= 0.6 is 0 Å². The molecule has 0 atom stereocenters. The molecule has 0 aromatic carbocycles.